The van der Waals surface area contributed by atoms with Crippen LogP contribution in [0.25, 0.3) is 0 Å². The minimum Gasteiger partial charge on any atom is -0.398 e. The topological polar surface area (TPSA) is 43.1 Å². The summed E-state index contributed by atoms with van der Waals surface area (Å²) in [5.74, 6) is 1.97. The maximum absolute atomic E-state index is 11.7. The summed E-state index contributed by atoms with van der Waals surface area (Å²) in [6.07, 6.45) is 1.01. The van der Waals surface area contributed by atoms with Crippen LogP contribution in [0, 0.1) is 5.92 Å². The van der Waals surface area contributed by atoms with Crippen LogP contribution < -0.4 is 5.73 Å². The van der Waals surface area contributed by atoms with Crippen LogP contribution in [0.4, 0.5) is 5.69 Å². The lowest BCUT2D eigenvalue weighted by Gasteiger charge is -2.06. The van der Waals surface area contributed by atoms with Crippen LogP contribution in [0.2, 0.25) is 0 Å². The number of hydrogen-bond donors (Lipinski definition) is 1. The van der Waals surface area contributed by atoms with Crippen molar-refractivity contribution in [2.75, 3.05) is 11.5 Å². The highest BCUT2D eigenvalue weighted by atomic mass is 32.2. The number of benzene rings is 1. The molecular weight excluding hydrogens is 206 g/mol. The molecule has 84 valence electrons. The van der Waals surface area contributed by atoms with Gasteiger partial charge in [-0.05, 0) is 24.0 Å². The minimum absolute atomic E-state index is 0.583. The van der Waals surface area contributed by atoms with Crippen LogP contribution in [0.3, 0.4) is 0 Å². The molecule has 1 atom stereocenters. The molecule has 1 unspecified atom stereocenters. The molecule has 0 heterocycles. The summed E-state index contributed by atoms with van der Waals surface area (Å²) in [4.78, 5) is 0. The Labute approximate surface area is 94.3 Å². The van der Waals surface area contributed by atoms with Gasteiger partial charge in [0.25, 0.3) is 0 Å². The van der Waals surface area contributed by atoms with Gasteiger partial charge in [-0.2, -0.15) is 0 Å². The first-order valence-corrected chi connectivity index (χ1v) is 6.76. The van der Waals surface area contributed by atoms with E-state index in [1.807, 2.05) is 24.3 Å². The summed E-state index contributed by atoms with van der Waals surface area (Å²) >= 11 is 0. The zero-order valence-corrected chi connectivity index (χ0v) is 10.2. The summed E-state index contributed by atoms with van der Waals surface area (Å²) in [5, 5.41) is 0. The van der Waals surface area contributed by atoms with Gasteiger partial charge in [-0.3, -0.25) is 4.21 Å². The van der Waals surface area contributed by atoms with Crippen molar-refractivity contribution in [3.8, 4) is 0 Å². The molecule has 0 bridgehead atoms. The third-order valence-corrected chi connectivity index (χ3v) is 3.62. The molecule has 2 N–H and O–H groups in total. The molecule has 2 nitrogen and oxygen atoms in total. The minimum atomic E-state index is -0.782. The van der Waals surface area contributed by atoms with Gasteiger partial charge < -0.3 is 5.73 Å². The van der Waals surface area contributed by atoms with Crippen LogP contribution in [-0.4, -0.2) is 9.96 Å². The Balaban J connectivity index is 2.48. The Morgan fingerprint density at radius 1 is 1.33 bits per heavy atom. The summed E-state index contributed by atoms with van der Waals surface area (Å²) in [6.45, 7) is 4.29. The fourth-order valence-corrected chi connectivity index (χ4v) is 2.77. The van der Waals surface area contributed by atoms with Crippen LogP contribution >= 0.6 is 0 Å². The van der Waals surface area contributed by atoms with Gasteiger partial charge in [0, 0.05) is 22.2 Å². The third-order valence-electron chi connectivity index (χ3n) is 2.29. The van der Waals surface area contributed by atoms with Crippen molar-refractivity contribution in [2.45, 2.75) is 26.0 Å². The van der Waals surface area contributed by atoms with Gasteiger partial charge >= 0.3 is 0 Å². The molecule has 0 spiro atoms. The van der Waals surface area contributed by atoms with Crippen LogP contribution in [0.1, 0.15) is 25.8 Å². The Hall–Kier alpha value is -0.830. The molecule has 0 radical (unpaired) electrons. The molecule has 0 saturated carbocycles. The average Bonchev–Trinajstić information content (AvgIpc) is 2.18. The summed E-state index contributed by atoms with van der Waals surface area (Å²) < 4.78 is 11.7. The molecule has 0 aromatic heterocycles. The molecule has 1 aromatic carbocycles. The highest BCUT2D eigenvalue weighted by molar-refractivity contribution is 7.84. The molecule has 0 saturated heterocycles. The highest BCUT2D eigenvalue weighted by Gasteiger charge is 2.05. The summed E-state index contributed by atoms with van der Waals surface area (Å²) in [6, 6.07) is 7.64. The molecule has 0 amide bonds. The van der Waals surface area contributed by atoms with E-state index in [0.29, 0.717) is 11.7 Å². The van der Waals surface area contributed by atoms with E-state index < -0.39 is 10.8 Å². The lowest BCUT2D eigenvalue weighted by Crippen LogP contribution is -2.05. The van der Waals surface area contributed by atoms with Crippen molar-refractivity contribution in [2.24, 2.45) is 5.92 Å². The van der Waals surface area contributed by atoms with Crippen molar-refractivity contribution in [3.05, 3.63) is 29.8 Å². The van der Waals surface area contributed by atoms with Crippen molar-refractivity contribution >= 4 is 16.5 Å². The lowest BCUT2D eigenvalue weighted by molar-refractivity contribution is 0.619. The first kappa shape index (κ1) is 12.2. The molecule has 1 aromatic rings. The van der Waals surface area contributed by atoms with Gasteiger partial charge in [-0.25, -0.2) is 0 Å². The second-order valence-corrected chi connectivity index (χ2v) is 5.75. The molecular formula is C12H19NOS. The van der Waals surface area contributed by atoms with Crippen molar-refractivity contribution in [1.82, 2.24) is 0 Å². The van der Waals surface area contributed by atoms with E-state index in [4.69, 9.17) is 5.73 Å². The molecule has 0 aliphatic heterocycles. The summed E-state index contributed by atoms with van der Waals surface area (Å²) in [5.41, 5.74) is 7.54. The Kier molecular flexibility index (Phi) is 4.82. The number of nitrogens with two attached hydrogens (primary N) is 1. The standard InChI is InChI=1S/C12H19NOS/c1-10(2)7-8-15(14)9-11-5-3-4-6-12(11)13/h3-6,10H,7-9,13H2,1-2H3. The lowest BCUT2D eigenvalue weighted by atomic mass is 10.2. The van der Waals surface area contributed by atoms with E-state index in [9.17, 15) is 4.21 Å². The maximum atomic E-state index is 11.7. The molecule has 3 heteroatoms. The number of rotatable bonds is 5. The van der Waals surface area contributed by atoms with Crippen molar-refractivity contribution in [1.29, 1.82) is 0 Å². The SMILES string of the molecule is CC(C)CCS(=O)Cc1ccccc1N. The van der Waals surface area contributed by atoms with E-state index in [1.54, 1.807) is 0 Å². The van der Waals surface area contributed by atoms with Gasteiger partial charge in [0.05, 0.1) is 5.75 Å². The van der Waals surface area contributed by atoms with Crippen LogP contribution in [-0.2, 0) is 16.6 Å². The monoisotopic (exact) mass is 225 g/mol. The predicted molar refractivity (Wildman–Crippen MR) is 67.0 cm³/mol. The predicted octanol–water partition coefficient (Wildman–Crippen LogP) is 2.56. The first-order chi connectivity index (χ1) is 7.09. The van der Waals surface area contributed by atoms with Gasteiger partial charge in [0.1, 0.15) is 0 Å². The highest BCUT2D eigenvalue weighted by Crippen LogP contribution is 2.13. The van der Waals surface area contributed by atoms with E-state index in [-0.39, 0.29) is 0 Å². The smallest absolute Gasteiger partial charge is 0.0505 e. The zero-order valence-electron chi connectivity index (χ0n) is 9.40. The second kappa shape index (κ2) is 5.91. The quantitative estimate of drug-likeness (QED) is 0.783. The number of anilines is 1. The maximum Gasteiger partial charge on any atom is 0.0505 e. The third kappa shape index (κ3) is 4.47. The molecule has 0 aliphatic carbocycles. The fourth-order valence-electron chi connectivity index (χ4n) is 1.28. The Bertz CT molecular complexity index is 336. The molecule has 15 heavy (non-hydrogen) atoms. The average molecular weight is 225 g/mol. The second-order valence-electron chi connectivity index (χ2n) is 4.17. The number of hydrogen-bond acceptors (Lipinski definition) is 2. The van der Waals surface area contributed by atoms with Gasteiger partial charge in [-0.15, -0.1) is 0 Å². The van der Waals surface area contributed by atoms with E-state index >= 15 is 0 Å². The largest absolute Gasteiger partial charge is 0.398 e. The fraction of sp³-hybridized carbons (Fsp3) is 0.500. The number of para-hydroxylation sites is 1. The Morgan fingerprint density at radius 2 is 2.00 bits per heavy atom. The summed E-state index contributed by atoms with van der Waals surface area (Å²) in [7, 11) is -0.782. The van der Waals surface area contributed by atoms with Gasteiger partial charge in [-0.1, -0.05) is 32.0 Å². The van der Waals surface area contributed by atoms with E-state index in [0.717, 1.165) is 23.4 Å². The van der Waals surface area contributed by atoms with E-state index in [1.165, 1.54) is 0 Å². The zero-order chi connectivity index (χ0) is 11.3. The normalized spacial score (nSPS) is 13.0. The number of nitrogen functional groups attached to an aromatic ring is 1. The van der Waals surface area contributed by atoms with E-state index in [2.05, 4.69) is 13.8 Å². The molecule has 0 fully saturated rings. The van der Waals surface area contributed by atoms with Crippen molar-refractivity contribution in [3.63, 3.8) is 0 Å². The van der Waals surface area contributed by atoms with Crippen molar-refractivity contribution < 1.29 is 4.21 Å². The van der Waals surface area contributed by atoms with Gasteiger partial charge in [0.15, 0.2) is 0 Å². The Morgan fingerprint density at radius 3 is 2.60 bits per heavy atom. The van der Waals surface area contributed by atoms with Crippen LogP contribution in [0.15, 0.2) is 24.3 Å². The molecule has 1 rings (SSSR count). The van der Waals surface area contributed by atoms with Crippen LogP contribution in [0.5, 0.6) is 0 Å². The van der Waals surface area contributed by atoms with Gasteiger partial charge in [0.2, 0.25) is 0 Å². The molecule has 0 aliphatic rings. The first-order valence-electron chi connectivity index (χ1n) is 5.28.